The number of carbonyl (C=O) groups excluding carboxylic acids is 1. The minimum atomic E-state index is -0.212. The van der Waals surface area contributed by atoms with Crippen LogP contribution in [0.3, 0.4) is 0 Å². The molecule has 7 heteroatoms. The zero-order valence-corrected chi connectivity index (χ0v) is 19.4. The first-order valence-corrected chi connectivity index (χ1v) is 11.9. The maximum atomic E-state index is 12.5. The van der Waals surface area contributed by atoms with Crippen LogP contribution in [0.5, 0.6) is 0 Å². The number of aryl methyl sites for hydroxylation is 1. The standard InChI is InChI=1S/C25H34N6O/c1-17(2)23-19(10-5-8-15-31-13-6-4-7-14-31)18(3)27-22(23)16-20-24(29-30-25(20)32)21-11-9-12-26-28-21/h9,11-12,16-17,27H,4-8,10,13-15H2,1-3H3,(H,30,32). The van der Waals surface area contributed by atoms with Crippen molar-refractivity contribution in [2.24, 2.45) is 5.10 Å². The fraction of sp³-hybridized carbons (Fsp3) is 0.520. The lowest BCUT2D eigenvalue weighted by atomic mass is 9.93. The van der Waals surface area contributed by atoms with Crippen LogP contribution >= 0.6 is 0 Å². The molecule has 0 bridgehead atoms. The molecule has 2 aliphatic heterocycles. The maximum Gasteiger partial charge on any atom is 0.273 e. The number of piperidine rings is 1. The Bertz CT molecular complexity index is 999. The van der Waals surface area contributed by atoms with Crippen LogP contribution in [-0.4, -0.2) is 51.3 Å². The largest absolute Gasteiger partial charge is 0.359 e. The van der Waals surface area contributed by atoms with Crippen molar-refractivity contribution in [1.29, 1.82) is 0 Å². The second-order valence-electron chi connectivity index (χ2n) is 9.14. The van der Waals surface area contributed by atoms with Crippen LogP contribution in [0, 0.1) is 6.92 Å². The predicted octanol–water partition coefficient (Wildman–Crippen LogP) is 3.96. The monoisotopic (exact) mass is 434 g/mol. The van der Waals surface area contributed by atoms with Gasteiger partial charge in [0.25, 0.3) is 5.91 Å². The van der Waals surface area contributed by atoms with E-state index in [-0.39, 0.29) is 5.91 Å². The molecule has 0 spiro atoms. The van der Waals surface area contributed by atoms with Gasteiger partial charge in [-0.2, -0.15) is 10.2 Å². The van der Waals surface area contributed by atoms with E-state index in [1.54, 1.807) is 12.3 Å². The zero-order valence-electron chi connectivity index (χ0n) is 19.4. The van der Waals surface area contributed by atoms with Gasteiger partial charge >= 0.3 is 0 Å². The summed E-state index contributed by atoms with van der Waals surface area (Å²) < 4.78 is 0. The number of hydrogen-bond acceptors (Lipinski definition) is 5. The molecule has 2 aromatic rings. The van der Waals surface area contributed by atoms with Gasteiger partial charge in [-0.3, -0.25) is 4.79 Å². The Kier molecular flexibility index (Phi) is 7.15. The third-order valence-corrected chi connectivity index (χ3v) is 6.44. The highest BCUT2D eigenvalue weighted by Gasteiger charge is 2.27. The molecule has 2 aliphatic rings. The molecule has 2 aromatic heterocycles. The highest BCUT2D eigenvalue weighted by molar-refractivity contribution is 6.32. The van der Waals surface area contributed by atoms with Crippen LogP contribution in [-0.2, 0) is 11.2 Å². The van der Waals surface area contributed by atoms with Gasteiger partial charge in [-0.1, -0.05) is 20.3 Å². The summed E-state index contributed by atoms with van der Waals surface area (Å²) in [4.78, 5) is 18.7. The molecule has 4 rings (SSSR count). The molecule has 0 unspecified atom stereocenters. The number of aromatic nitrogens is 3. The van der Waals surface area contributed by atoms with Gasteiger partial charge in [0, 0.05) is 17.6 Å². The molecule has 7 nitrogen and oxygen atoms in total. The fourth-order valence-corrected chi connectivity index (χ4v) is 4.86. The van der Waals surface area contributed by atoms with Crippen molar-refractivity contribution in [1.82, 2.24) is 25.5 Å². The lowest BCUT2D eigenvalue weighted by Gasteiger charge is -2.26. The average molecular weight is 435 g/mol. The molecule has 1 amide bonds. The Balaban J connectivity index is 1.53. The number of rotatable bonds is 8. The van der Waals surface area contributed by atoms with Crippen molar-refractivity contribution in [2.75, 3.05) is 19.6 Å². The van der Waals surface area contributed by atoms with Crippen LogP contribution < -0.4 is 5.43 Å². The van der Waals surface area contributed by atoms with Crippen molar-refractivity contribution < 1.29 is 4.79 Å². The summed E-state index contributed by atoms with van der Waals surface area (Å²) in [5, 5.41) is 12.3. The minimum Gasteiger partial charge on any atom is -0.359 e. The van der Waals surface area contributed by atoms with Gasteiger partial charge < -0.3 is 9.88 Å². The van der Waals surface area contributed by atoms with E-state index in [9.17, 15) is 4.79 Å². The molecule has 2 N–H and O–H groups in total. The van der Waals surface area contributed by atoms with Crippen molar-refractivity contribution in [2.45, 2.75) is 65.2 Å². The Morgan fingerprint density at radius 3 is 2.72 bits per heavy atom. The minimum absolute atomic E-state index is 0.212. The van der Waals surface area contributed by atoms with E-state index in [2.05, 4.69) is 51.4 Å². The molecular weight excluding hydrogens is 400 g/mol. The van der Waals surface area contributed by atoms with Crippen molar-refractivity contribution in [3.8, 4) is 0 Å². The number of hydrazone groups is 1. The van der Waals surface area contributed by atoms with Crippen LogP contribution in [0.25, 0.3) is 6.08 Å². The number of aromatic amines is 1. The summed E-state index contributed by atoms with van der Waals surface area (Å²) in [6.07, 6.45) is 11.1. The molecular formula is C25H34N6O. The number of hydrogen-bond donors (Lipinski definition) is 2. The number of nitrogens with one attached hydrogen (secondary N) is 2. The smallest absolute Gasteiger partial charge is 0.273 e. The first-order valence-electron chi connectivity index (χ1n) is 11.9. The van der Waals surface area contributed by atoms with Crippen LogP contribution in [0.1, 0.15) is 80.1 Å². The molecule has 4 heterocycles. The second-order valence-corrected chi connectivity index (χ2v) is 9.14. The molecule has 32 heavy (non-hydrogen) atoms. The van der Waals surface area contributed by atoms with Gasteiger partial charge in [-0.25, -0.2) is 5.43 Å². The van der Waals surface area contributed by atoms with E-state index < -0.39 is 0 Å². The molecule has 1 fully saturated rings. The van der Waals surface area contributed by atoms with Crippen molar-refractivity contribution in [3.05, 3.63) is 52.1 Å². The summed E-state index contributed by atoms with van der Waals surface area (Å²) in [6.45, 7) is 10.3. The SMILES string of the molecule is Cc1[nH]c(C=C2C(=O)NN=C2c2cccnn2)c(C(C)C)c1CCCCN1CCCCC1. The predicted molar refractivity (Wildman–Crippen MR) is 128 cm³/mol. The number of unbranched alkanes of at least 4 members (excludes halogenated alkanes) is 1. The van der Waals surface area contributed by atoms with Crippen molar-refractivity contribution in [3.63, 3.8) is 0 Å². The lowest BCUT2D eigenvalue weighted by Crippen LogP contribution is -2.30. The molecule has 1 saturated heterocycles. The van der Waals surface area contributed by atoms with E-state index in [0.29, 0.717) is 22.9 Å². The van der Waals surface area contributed by atoms with E-state index in [1.807, 2.05) is 12.1 Å². The van der Waals surface area contributed by atoms with Crippen LogP contribution in [0.15, 0.2) is 29.0 Å². The molecule has 0 atom stereocenters. The third kappa shape index (κ3) is 4.99. The van der Waals surface area contributed by atoms with Gasteiger partial charge in [-0.05, 0) is 93.9 Å². The highest BCUT2D eigenvalue weighted by atomic mass is 16.2. The number of amides is 1. The first-order chi connectivity index (χ1) is 15.5. The summed E-state index contributed by atoms with van der Waals surface area (Å²) in [5.74, 6) is 0.140. The quantitative estimate of drug-likeness (QED) is 0.486. The van der Waals surface area contributed by atoms with E-state index in [1.165, 1.54) is 68.6 Å². The third-order valence-electron chi connectivity index (χ3n) is 6.44. The summed E-state index contributed by atoms with van der Waals surface area (Å²) >= 11 is 0. The number of H-pyrrole nitrogens is 1. The first kappa shape index (κ1) is 22.4. The number of carbonyl (C=O) groups is 1. The maximum absolute atomic E-state index is 12.5. The summed E-state index contributed by atoms with van der Waals surface area (Å²) in [7, 11) is 0. The topological polar surface area (TPSA) is 86.3 Å². The fourth-order valence-electron chi connectivity index (χ4n) is 4.86. The Morgan fingerprint density at radius 2 is 2.00 bits per heavy atom. The van der Waals surface area contributed by atoms with Gasteiger partial charge in [-0.15, -0.1) is 5.10 Å². The van der Waals surface area contributed by atoms with E-state index in [0.717, 1.165) is 12.1 Å². The second kappa shape index (κ2) is 10.2. The number of nitrogens with zero attached hydrogens (tertiary/aromatic N) is 4. The molecule has 0 aromatic carbocycles. The van der Waals surface area contributed by atoms with Gasteiger partial charge in [0.1, 0.15) is 11.4 Å². The Hall–Kier alpha value is -2.80. The Morgan fingerprint density at radius 1 is 1.19 bits per heavy atom. The lowest BCUT2D eigenvalue weighted by molar-refractivity contribution is -0.116. The van der Waals surface area contributed by atoms with Gasteiger partial charge in [0.2, 0.25) is 0 Å². The van der Waals surface area contributed by atoms with E-state index >= 15 is 0 Å². The average Bonchev–Trinajstić information content (AvgIpc) is 3.32. The zero-order chi connectivity index (χ0) is 22.5. The summed E-state index contributed by atoms with van der Waals surface area (Å²) in [6, 6.07) is 3.61. The molecule has 170 valence electrons. The van der Waals surface area contributed by atoms with Gasteiger partial charge in [0.05, 0.1) is 5.57 Å². The Labute approximate surface area is 190 Å². The van der Waals surface area contributed by atoms with Gasteiger partial charge in [0.15, 0.2) is 0 Å². The molecule has 0 saturated carbocycles. The molecule has 0 radical (unpaired) electrons. The van der Waals surface area contributed by atoms with Crippen LogP contribution in [0.4, 0.5) is 0 Å². The van der Waals surface area contributed by atoms with E-state index in [4.69, 9.17) is 0 Å². The van der Waals surface area contributed by atoms with Crippen molar-refractivity contribution >= 4 is 17.7 Å². The highest BCUT2D eigenvalue weighted by Crippen LogP contribution is 2.30. The normalized spacial score (nSPS) is 18.4. The molecule has 0 aliphatic carbocycles. The van der Waals surface area contributed by atoms with Crippen LogP contribution in [0.2, 0.25) is 0 Å². The summed E-state index contributed by atoms with van der Waals surface area (Å²) in [5.41, 5.74) is 9.09. The number of likely N-dealkylation sites (tertiary alicyclic amines) is 1.